The van der Waals surface area contributed by atoms with Gasteiger partial charge in [-0.15, -0.1) is 0 Å². The van der Waals surface area contributed by atoms with Gasteiger partial charge >= 0.3 is 0 Å². The molecule has 0 radical (unpaired) electrons. The third-order valence-corrected chi connectivity index (χ3v) is 3.94. The highest BCUT2D eigenvalue weighted by molar-refractivity contribution is 7.92. The van der Waals surface area contributed by atoms with E-state index in [9.17, 15) is 17.2 Å². The van der Waals surface area contributed by atoms with Gasteiger partial charge < -0.3 is 5.32 Å². The molecule has 2 N–H and O–H groups in total. The number of aryl methyl sites for hydroxylation is 1. The first-order valence-corrected chi connectivity index (χ1v) is 8.85. The van der Waals surface area contributed by atoms with Crippen molar-refractivity contribution >= 4 is 21.4 Å². The minimum Gasteiger partial charge on any atom is -0.378 e. The van der Waals surface area contributed by atoms with E-state index < -0.39 is 27.7 Å². The molecule has 0 aliphatic rings. The van der Waals surface area contributed by atoms with Crippen molar-refractivity contribution in [2.45, 2.75) is 19.9 Å². The van der Waals surface area contributed by atoms with Crippen molar-refractivity contribution in [3.8, 4) is 0 Å². The lowest BCUT2D eigenvalue weighted by Gasteiger charge is -2.18. The van der Waals surface area contributed by atoms with Crippen molar-refractivity contribution in [3.63, 3.8) is 0 Å². The molecule has 0 saturated heterocycles. The maximum Gasteiger partial charge on any atom is 0.229 e. The maximum absolute atomic E-state index is 13.8. The number of sulfonamides is 1. The van der Waals surface area contributed by atoms with Crippen LogP contribution in [-0.4, -0.2) is 14.7 Å². The molecule has 7 heteroatoms. The van der Waals surface area contributed by atoms with Gasteiger partial charge in [0, 0.05) is 11.3 Å². The number of hydrogen-bond acceptors (Lipinski definition) is 3. The topological polar surface area (TPSA) is 58.2 Å². The van der Waals surface area contributed by atoms with Crippen LogP contribution in [-0.2, 0) is 10.0 Å². The zero-order valence-electron chi connectivity index (χ0n) is 13.0. The van der Waals surface area contributed by atoms with E-state index in [1.807, 2.05) is 0 Å². The van der Waals surface area contributed by atoms with E-state index in [1.165, 1.54) is 18.2 Å². The van der Waals surface area contributed by atoms with Crippen molar-refractivity contribution < 1.29 is 17.2 Å². The van der Waals surface area contributed by atoms with Gasteiger partial charge in [-0.25, -0.2) is 17.2 Å². The lowest BCUT2D eigenvalue weighted by atomic mass is 10.1. The van der Waals surface area contributed by atoms with Crippen molar-refractivity contribution in [2.24, 2.45) is 0 Å². The van der Waals surface area contributed by atoms with Gasteiger partial charge in [-0.3, -0.25) is 4.72 Å². The Morgan fingerprint density at radius 2 is 1.70 bits per heavy atom. The molecule has 4 nitrogen and oxygen atoms in total. The molecule has 2 aromatic carbocycles. The number of rotatable bonds is 5. The summed E-state index contributed by atoms with van der Waals surface area (Å²) in [5, 5.41) is 2.98. The fourth-order valence-electron chi connectivity index (χ4n) is 2.27. The fraction of sp³-hybridized carbons (Fsp3) is 0.250. The molecule has 124 valence electrons. The van der Waals surface area contributed by atoms with E-state index in [-0.39, 0.29) is 5.56 Å². The zero-order chi connectivity index (χ0) is 17.2. The summed E-state index contributed by atoms with van der Waals surface area (Å²) in [6.07, 6.45) is 1.06. The SMILES string of the molecule is Cc1ccc(N[C@@H](C)c2c(F)cccc2F)cc1NS(C)(=O)=O. The maximum atomic E-state index is 13.8. The van der Waals surface area contributed by atoms with Crippen LogP contribution in [0.3, 0.4) is 0 Å². The predicted molar refractivity (Wildman–Crippen MR) is 88.0 cm³/mol. The van der Waals surface area contributed by atoms with E-state index >= 15 is 0 Å². The Balaban J connectivity index is 2.28. The Labute approximate surface area is 134 Å². The van der Waals surface area contributed by atoms with Gasteiger partial charge in [0.15, 0.2) is 0 Å². The van der Waals surface area contributed by atoms with Crippen LogP contribution < -0.4 is 10.0 Å². The lowest BCUT2D eigenvalue weighted by molar-refractivity contribution is 0.544. The van der Waals surface area contributed by atoms with Crippen molar-refractivity contribution in [2.75, 3.05) is 16.3 Å². The standard InChI is InChI=1S/C16H18F2N2O2S/c1-10-7-8-12(9-15(10)20-23(3,21)22)19-11(2)16-13(17)5-4-6-14(16)18/h4-9,11,19-20H,1-3H3/t11-/m0/s1. The summed E-state index contributed by atoms with van der Waals surface area (Å²) >= 11 is 0. The zero-order valence-corrected chi connectivity index (χ0v) is 13.8. The van der Waals surface area contributed by atoms with E-state index in [2.05, 4.69) is 10.0 Å². The first-order valence-electron chi connectivity index (χ1n) is 6.96. The Kier molecular flexibility index (Phi) is 4.89. The van der Waals surface area contributed by atoms with E-state index in [0.29, 0.717) is 11.4 Å². The molecule has 2 rings (SSSR count). The number of benzene rings is 2. The second-order valence-electron chi connectivity index (χ2n) is 5.41. The smallest absolute Gasteiger partial charge is 0.229 e. The van der Waals surface area contributed by atoms with Crippen LogP contribution in [0.25, 0.3) is 0 Å². The van der Waals surface area contributed by atoms with Gasteiger partial charge in [0.05, 0.1) is 18.0 Å². The van der Waals surface area contributed by atoms with Gasteiger partial charge in [-0.05, 0) is 43.7 Å². The molecule has 0 aliphatic carbocycles. The van der Waals surface area contributed by atoms with Gasteiger partial charge in [0.1, 0.15) is 11.6 Å². The number of anilines is 2. The van der Waals surface area contributed by atoms with Crippen molar-refractivity contribution in [1.29, 1.82) is 0 Å². The molecule has 0 fully saturated rings. The average molecular weight is 340 g/mol. The normalized spacial score (nSPS) is 12.7. The molecular formula is C16H18F2N2O2S. The van der Waals surface area contributed by atoms with Crippen LogP contribution in [0.15, 0.2) is 36.4 Å². The van der Waals surface area contributed by atoms with Gasteiger partial charge in [-0.1, -0.05) is 12.1 Å². The summed E-state index contributed by atoms with van der Waals surface area (Å²) in [7, 11) is -3.41. The molecule has 0 amide bonds. The van der Waals surface area contributed by atoms with Gasteiger partial charge in [0.2, 0.25) is 10.0 Å². The lowest BCUT2D eigenvalue weighted by Crippen LogP contribution is -2.13. The molecular weight excluding hydrogens is 322 g/mol. The Bertz CT molecular complexity index is 803. The highest BCUT2D eigenvalue weighted by atomic mass is 32.2. The van der Waals surface area contributed by atoms with Crippen LogP contribution in [0.1, 0.15) is 24.1 Å². The number of nitrogens with one attached hydrogen (secondary N) is 2. The number of hydrogen-bond donors (Lipinski definition) is 2. The third kappa shape index (κ3) is 4.41. The predicted octanol–water partition coefficient (Wildman–Crippen LogP) is 3.82. The van der Waals surface area contributed by atoms with Gasteiger partial charge in [0.25, 0.3) is 0 Å². The van der Waals surface area contributed by atoms with Crippen LogP contribution in [0.4, 0.5) is 20.2 Å². The van der Waals surface area contributed by atoms with Gasteiger partial charge in [-0.2, -0.15) is 0 Å². The molecule has 0 heterocycles. The minimum atomic E-state index is -3.41. The molecule has 0 unspecified atom stereocenters. The largest absolute Gasteiger partial charge is 0.378 e. The van der Waals surface area contributed by atoms with E-state index in [1.54, 1.807) is 32.0 Å². The molecule has 0 bridgehead atoms. The summed E-state index contributed by atoms with van der Waals surface area (Å²) < 4.78 is 52.7. The Hall–Kier alpha value is -2.15. The highest BCUT2D eigenvalue weighted by Gasteiger charge is 2.16. The van der Waals surface area contributed by atoms with Crippen molar-refractivity contribution in [1.82, 2.24) is 0 Å². The molecule has 2 aromatic rings. The highest BCUT2D eigenvalue weighted by Crippen LogP contribution is 2.27. The summed E-state index contributed by atoms with van der Waals surface area (Å²) in [4.78, 5) is 0. The summed E-state index contributed by atoms with van der Waals surface area (Å²) in [6, 6.07) is 8.11. The number of halogens is 2. The monoisotopic (exact) mass is 340 g/mol. The Morgan fingerprint density at radius 1 is 1.09 bits per heavy atom. The quantitative estimate of drug-likeness (QED) is 0.870. The molecule has 0 aromatic heterocycles. The molecule has 23 heavy (non-hydrogen) atoms. The first kappa shape index (κ1) is 17.2. The van der Waals surface area contributed by atoms with Crippen LogP contribution in [0, 0.1) is 18.6 Å². The van der Waals surface area contributed by atoms with E-state index in [4.69, 9.17) is 0 Å². The molecule has 0 saturated carbocycles. The summed E-state index contributed by atoms with van der Waals surface area (Å²) in [5.41, 5.74) is 1.65. The molecule has 0 aliphatic heterocycles. The summed E-state index contributed by atoms with van der Waals surface area (Å²) in [6.45, 7) is 3.39. The summed E-state index contributed by atoms with van der Waals surface area (Å²) in [5.74, 6) is -1.27. The third-order valence-electron chi connectivity index (χ3n) is 3.35. The van der Waals surface area contributed by atoms with Crippen LogP contribution in [0.2, 0.25) is 0 Å². The average Bonchev–Trinajstić information content (AvgIpc) is 2.41. The second-order valence-corrected chi connectivity index (χ2v) is 7.15. The van der Waals surface area contributed by atoms with Crippen LogP contribution >= 0.6 is 0 Å². The first-order chi connectivity index (χ1) is 10.7. The Morgan fingerprint density at radius 3 is 2.26 bits per heavy atom. The minimum absolute atomic E-state index is 0.0642. The fourth-order valence-corrected chi connectivity index (χ4v) is 2.89. The van der Waals surface area contributed by atoms with E-state index in [0.717, 1.165) is 11.8 Å². The van der Waals surface area contributed by atoms with Crippen LogP contribution in [0.5, 0.6) is 0 Å². The van der Waals surface area contributed by atoms with Crippen molar-refractivity contribution in [3.05, 3.63) is 59.2 Å². The molecule has 0 spiro atoms. The second kappa shape index (κ2) is 6.54. The molecule has 1 atom stereocenters.